The fourth-order valence-corrected chi connectivity index (χ4v) is 7.81. The van der Waals surface area contributed by atoms with E-state index in [0.717, 1.165) is 11.3 Å². The third-order valence-electron chi connectivity index (χ3n) is 8.32. The molecule has 0 N–H and O–H groups in total. The molecule has 3 atom stereocenters. The van der Waals surface area contributed by atoms with Crippen LogP contribution in [-0.4, -0.2) is 43.7 Å². The molecule has 3 aliphatic rings. The topological polar surface area (TPSA) is 84.6 Å². The maximum Gasteiger partial charge on any atom is 0.268 e. The molecule has 3 heterocycles. The van der Waals surface area contributed by atoms with E-state index in [9.17, 15) is 13.7 Å². The molecule has 1 aliphatic carbocycles. The molecule has 3 aromatic rings. The van der Waals surface area contributed by atoms with Crippen molar-refractivity contribution in [1.82, 2.24) is 8.87 Å². The van der Waals surface area contributed by atoms with Crippen LogP contribution in [0, 0.1) is 24.2 Å². The molecule has 0 saturated heterocycles. The van der Waals surface area contributed by atoms with Gasteiger partial charge in [-0.1, -0.05) is 35.9 Å². The van der Waals surface area contributed by atoms with Gasteiger partial charge in [-0.15, -0.1) is 0 Å². The van der Waals surface area contributed by atoms with Gasteiger partial charge in [-0.3, -0.25) is 0 Å². The van der Waals surface area contributed by atoms with Crippen molar-refractivity contribution in [2.45, 2.75) is 44.2 Å². The average molecular weight is 572 g/mol. The molecule has 0 amide bonds. The number of rotatable bonds is 5. The Morgan fingerprint density at radius 1 is 1.07 bits per heavy atom. The number of hydrogen-bond acceptors (Lipinski definition) is 6. The van der Waals surface area contributed by atoms with Gasteiger partial charge in [0, 0.05) is 52.8 Å². The van der Waals surface area contributed by atoms with Crippen molar-refractivity contribution in [3.63, 3.8) is 0 Å². The van der Waals surface area contributed by atoms with Crippen LogP contribution in [0.15, 0.2) is 99.8 Å². The summed E-state index contributed by atoms with van der Waals surface area (Å²) in [4.78, 5) is 2.27. The molecule has 0 saturated carbocycles. The normalized spacial score (nSPS) is 22.6. The molecular weight excluding hydrogens is 541 g/mol. The van der Waals surface area contributed by atoms with Crippen molar-refractivity contribution >= 4 is 26.5 Å². The molecule has 3 unspecified atom stereocenters. The number of benzene rings is 2. The molecule has 0 bridgehead atoms. The third kappa shape index (κ3) is 3.89. The number of aryl methyl sites for hydroxylation is 1. The molecule has 1 aromatic heterocycles. The summed E-state index contributed by atoms with van der Waals surface area (Å²) in [6.07, 6.45) is 2.88. The highest BCUT2D eigenvalue weighted by atomic mass is 32.2. The van der Waals surface area contributed by atoms with E-state index in [2.05, 4.69) is 11.0 Å². The Morgan fingerprint density at radius 3 is 2.44 bits per heavy atom. The van der Waals surface area contributed by atoms with E-state index in [1.165, 1.54) is 18.2 Å². The van der Waals surface area contributed by atoms with E-state index in [-0.39, 0.29) is 10.9 Å². The molecule has 2 aliphatic heterocycles. The lowest BCUT2D eigenvalue weighted by Crippen LogP contribution is -2.37. The smallest absolute Gasteiger partial charge is 0.268 e. The van der Waals surface area contributed by atoms with Crippen LogP contribution in [0.4, 0.5) is 4.39 Å². The second-order valence-electron chi connectivity index (χ2n) is 10.7. The maximum atomic E-state index is 15.7. The van der Waals surface area contributed by atoms with Gasteiger partial charge >= 0.3 is 0 Å². The maximum absolute atomic E-state index is 15.7. The molecule has 0 spiro atoms. The first kappa shape index (κ1) is 27.1. The predicted octanol–water partition coefficient (Wildman–Crippen LogP) is 6.20. The molecule has 9 heteroatoms. The van der Waals surface area contributed by atoms with Crippen molar-refractivity contribution < 1.29 is 22.3 Å². The van der Waals surface area contributed by atoms with Crippen LogP contribution in [0.1, 0.15) is 31.4 Å². The van der Waals surface area contributed by atoms with E-state index in [4.69, 9.17) is 9.47 Å². The Hall–Kier alpha value is -4.13. The van der Waals surface area contributed by atoms with Crippen LogP contribution >= 0.6 is 0 Å². The molecule has 41 heavy (non-hydrogen) atoms. The Balaban J connectivity index is 1.59. The van der Waals surface area contributed by atoms with Gasteiger partial charge in [0.2, 0.25) is 0 Å². The van der Waals surface area contributed by atoms with Crippen LogP contribution in [0.5, 0.6) is 0 Å². The van der Waals surface area contributed by atoms with Crippen molar-refractivity contribution in [3.05, 3.63) is 106 Å². The van der Waals surface area contributed by atoms with E-state index in [0.29, 0.717) is 51.1 Å². The summed E-state index contributed by atoms with van der Waals surface area (Å²) in [5, 5.41) is 11.3. The van der Waals surface area contributed by atoms with Gasteiger partial charge in [-0.25, -0.2) is 16.8 Å². The number of aromatic nitrogens is 1. The first-order chi connectivity index (χ1) is 19.6. The minimum absolute atomic E-state index is 0.137. The summed E-state index contributed by atoms with van der Waals surface area (Å²) in [5.74, 6) is -0.843. The quantitative estimate of drug-likeness (QED) is 0.363. The highest BCUT2D eigenvalue weighted by Gasteiger charge is 2.46. The number of halogens is 1. The summed E-state index contributed by atoms with van der Waals surface area (Å²) >= 11 is 0. The van der Waals surface area contributed by atoms with Crippen LogP contribution in [0.3, 0.4) is 0 Å². The fourth-order valence-electron chi connectivity index (χ4n) is 6.44. The number of methoxy groups -OCH3 is 2. The number of nitriles is 1. The Morgan fingerprint density at radius 2 is 1.78 bits per heavy atom. The van der Waals surface area contributed by atoms with Gasteiger partial charge in [0.15, 0.2) is 6.10 Å². The molecule has 2 aromatic carbocycles. The third-order valence-corrected chi connectivity index (χ3v) is 10.0. The molecule has 0 radical (unpaired) electrons. The van der Waals surface area contributed by atoms with Gasteiger partial charge in [-0.05, 0) is 57.0 Å². The van der Waals surface area contributed by atoms with Crippen molar-refractivity contribution in [2.24, 2.45) is 5.92 Å². The van der Waals surface area contributed by atoms with Gasteiger partial charge in [0.1, 0.15) is 17.5 Å². The van der Waals surface area contributed by atoms with Crippen LogP contribution in [0.2, 0.25) is 0 Å². The Bertz CT molecular complexity index is 1870. The van der Waals surface area contributed by atoms with E-state index >= 15 is 4.39 Å². The van der Waals surface area contributed by atoms with Crippen molar-refractivity contribution in [3.8, 4) is 6.07 Å². The Kier molecular flexibility index (Phi) is 6.44. The number of allylic oxidation sites excluding steroid dienone is 4. The summed E-state index contributed by atoms with van der Waals surface area (Å²) in [6.45, 7) is 5.85. The molecule has 210 valence electrons. The lowest BCUT2D eigenvalue weighted by molar-refractivity contribution is 0.0835. The summed E-state index contributed by atoms with van der Waals surface area (Å²) < 4.78 is 55.6. The van der Waals surface area contributed by atoms with Crippen molar-refractivity contribution in [1.29, 1.82) is 5.26 Å². The van der Waals surface area contributed by atoms with E-state index in [1.54, 1.807) is 48.7 Å². The SMILES string of the molecule is COC1=CC2=C3C(C#N)C(c4cn(S(=O)(=O)c5ccc(C)cc5)c5ccccc45)=C(C)N3C(C)CC2=C(F)C1OC. The molecule has 7 nitrogen and oxygen atoms in total. The van der Waals surface area contributed by atoms with Crippen molar-refractivity contribution in [2.75, 3.05) is 14.2 Å². The highest BCUT2D eigenvalue weighted by molar-refractivity contribution is 7.90. The number of fused-ring (bicyclic) bond motifs is 3. The van der Waals surface area contributed by atoms with E-state index in [1.807, 2.05) is 32.9 Å². The summed E-state index contributed by atoms with van der Waals surface area (Å²) in [7, 11) is -1.02. The lowest BCUT2D eigenvalue weighted by atomic mass is 9.82. The van der Waals surface area contributed by atoms with E-state index < -0.39 is 27.9 Å². The monoisotopic (exact) mass is 571 g/mol. The van der Waals surface area contributed by atoms with Crippen LogP contribution < -0.4 is 0 Å². The van der Waals surface area contributed by atoms with Crippen LogP contribution in [0.25, 0.3) is 16.5 Å². The van der Waals surface area contributed by atoms with Gasteiger partial charge in [-0.2, -0.15) is 5.26 Å². The number of nitrogens with zero attached hydrogens (tertiary/aromatic N) is 3. The lowest BCUT2D eigenvalue weighted by Gasteiger charge is -2.39. The zero-order valence-electron chi connectivity index (χ0n) is 23.5. The highest BCUT2D eigenvalue weighted by Crippen LogP contribution is 2.53. The predicted molar refractivity (Wildman–Crippen MR) is 154 cm³/mol. The first-order valence-corrected chi connectivity index (χ1v) is 14.8. The molecular formula is C32H30FN3O4S. The zero-order valence-corrected chi connectivity index (χ0v) is 24.3. The minimum Gasteiger partial charge on any atom is -0.498 e. The van der Waals surface area contributed by atoms with Gasteiger partial charge in [0.25, 0.3) is 10.0 Å². The number of hydrogen-bond donors (Lipinski definition) is 0. The summed E-state index contributed by atoms with van der Waals surface area (Å²) in [6, 6.07) is 16.4. The first-order valence-electron chi connectivity index (χ1n) is 13.4. The van der Waals surface area contributed by atoms with Gasteiger partial charge < -0.3 is 14.4 Å². The largest absolute Gasteiger partial charge is 0.498 e. The number of ether oxygens (including phenoxy) is 2. The minimum atomic E-state index is -3.93. The molecule has 6 rings (SSSR count). The second-order valence-corrected chi connectivity index (χ2v) is 12.5. The molecule has 0 fully saturated rings. The van der Waals surface area contributed by atoms with Crippen LogP contribution in [-0.2, 0) is 19.5 Å². The zero-order chi connectivity index (χ0) is 29.2. The van der Waals surface area contributed by atoms with Gasteiger partial charge in [0.05, 0.1) is 23.6 Å². The Labute approximate surface area is 239 Å². The second kappa shape index (κ2) is 9.75. The average Bonchev–Trinajstić information content (AvgIpc) is 3.49. The summed E-state index contributed by atoms with van der Waals surface area (Å²) in [5.41, 5.74) is 5.47. The standard InChI is InChI=1S/C32H30FN3O4S/c1-18-10-12-21(13-11-18)41(37,38)35-17-26(22-8-6-7-9-27(22)35)29-20(3)36-19(2)14-23-24(31(36)25(29)16-34)15-28(39-4)32(40-5)30(23)33/h6-13,15,17,19,25,32H,14H2,1-5H3. The fraction of sp³-hybridized carbons (Fsp3) is 0.281. The number of para-hydroxylation sites is 1.